The molecule has 0 aliphatic carbocycles. The molecule has 82 valence electrons. The summed E-state index contributed by atoms with van der Waals surface area (Å²) >= 11 is 0. The van der Waals surface area contributed by atoms with Crippen LogP contribution in [-0.4, -0.2) is 17.6 Å². The maximum absolute atomic E-state index is 12.8. The molecule has 3 N–H and O–H groups in total. The summed E-state index contributed by atoms with van der Waals surface area (Å²) in [4.78, 5) is 10.8. The summed E-state index contributed by atoms with van der Waals surface area (Å²) in [5, 5.41) is 8.86. The second kappa shape index (κ2) is 5.46. The third-order valence-corrected chi connectivity index (χ3v) is 2.20. The summed E-state index contributed by atoms with van der Waals surface area (Å²) in [5.41, 5.74) is 6.05. The number of carboxylic acid groups (broad SMARTS) is 1. The molecule has 4 heteroatoms. The van der Waals surface area contributed by atoms with E-state index in [1.165, 1.54) is 12.1 Å². The molecule has 0 aliphatic heterocycles. The van der Waals surface area contributed by atoms with Gasteiger partial charge in [-0.05, 0) is 43.5 Å². The first-order chi connectivity index (χ1) is 7.15. The molecule has 0 amide bonds. The van der Waals surface area contributed by atoms with E-state index in [1.807, 2.05) is 0 Å². The Bertz CT molecular complexity index is 352. The molecule has 0 unspecified atom stereocenters. The zero-order chi connectivity index (χ0) is 11.3. The zero-order valence-electron chi connectivity index (χ0n) is 8.37. The number of unbranched alkanes of at least 4 members (excludes halogenated alkanes) is 1. The first-order valence-corrected chi connectivity index (χ1v) is 4.87. The average Bonchev–Trinajstić information content (AvgIpc) is 2.20. The number of benzene rings is 1. The molecule has 1 rings (SSSR count). The van der Waals surface area contributed by atoms with Gasteiger partial charge in [-0.2, -0.15) is 0 Å². The van der Waals surface area contributed by atoms with Gasteiger partial charge in [0.2, 0.25) is 0 Å². The fourth-order valence-electron chi connectivity index (χ4n) is 1.43. The van der Waals surface area contributed by atoms with Crippen LogP contribution < -0.4 is 5.73 Å². The van der Waals surface area contributed by atoms with Gasteiger partial charge in [0.25, 0.3) is 0 Å². The second-order valence-corrected chi connectivity index (χ2v) is 3.35. The fourth-order valence-corrected chi connectivity index (χ4v) is 1.43. The van der Waals surface area contributed by atoms with Crippen LogP contribution in [0.15, 0.2) is 18.2 Å². The fraction of sp³-hybridized carbons (Fsp3) is 0.364. The lowest BCUT2D eigenvalue weighted by Crippen LogP contribution is -2.05. The molecule has 1 aromatic rings. The van der Waals surface area contributed by atoms with Crippen LogP contribution in [-0.2, 0) is 6.42 Å². The monoisotopic (exact) mass is 211 g/mol. The number of aromatic carboxylic acids is 1. The SMILES string of the molecule is NCCCCc1ccc(F)cc1C(=O)O. The molecular weight excluding hydrogens is 197 g/mol. The van der Waals surface area contributed by atoms with Crippen molar-refractivity contribution in [3.05, 3.63) is 35.1 Å². The molecule has 0 aliphatic rings. The molecule has 0 spiro atoms. The summed E-state index contributed by atoms with van der Waals surface area (Å²) < 4.78 is 12.8. The van der Waals surface area contributed by atoms with Crippen LogP contribution in [0, 0.1) is 5.82 Å². The Balaban J connectivity index is 2.81. The van der Waals surface area contributed by atoms with Crippen LogP contribution in [0.2, 0.25) is 0 Å². The maximum atomic E-state index is 12.8. The molecule has 0 radical (unpaired) electrons. The van der Waals surface area contributed by atoms with Crippen LogP contribution in [0.4, 0.5) is 4.39 Å². The predicted molar refractivity (Wildman–Crippen MR) is 55.4 cm³/mol. The smallest absolute Gasteiger partial charge is 0.336 e. The Kier molecular flexibility index (Phi) is 4.24. The molecular formula is C11H14FNO2. The molecule has 0 atom stereocenters. The van der Waals surface area contributed by atoms with E-state index in [-0.39, 0.29) is 5.56 Å². The van der Waals surface area contributed by atoms with Crippen molar-refractivity contribution in [2.45, 2.75) is 19.3 Å². The molecule has 0 saturated heterocycles. The van der Waals surface area contributed by atoms with E-state index in [9.17, 15) is 9.18 Å². The first-order valence-electron chi connectivity index (χ1n) is 4.87. The van der Waals surface area contributed by atoms with Crippen molar-refractivity contribution in [1.29, 1.82) is 0 Å². The van der Waals surface area contributed by atoms with Crippen LogP contribution in [0.1, 0.15) is 28.8 Å². The summed E-state index contributed by atoms with van der Waals surface area (Å²) in [6.07, 6.45) is 2.29. The number of carbonyl (C=O) groups is 1. The van der Waals surface area contributed by atoms with Crippen LogP contribution in [0.3, 0.4) is 0 Å². The summed E-state index contributed by atoms with van der Waals surface area (Å²) in [6.45, 7) is 0.587. The minimum absolute atomic E-state index is 0.0482. The number of hydrogen-bond acceptors (Lipinski definition) is 2. The van der Waals surface area contributed by atoms with E-state index in [0.717, 1.165) is 18.9 Å². The Morgan fingerprint density at radius 1 is 1.40 bits per heavy atom. The van der Waals surface area contributed by atoms with Gasteiger partial charge in [-0.1, -0.05) is 6.07 Å². The topological polar surface area (TPSA) is 63.3 Å². The van der Waals surface area contributed by atoms with E-state index in [1.54, 1.807) is 0 Å². The van der Waals surface area contributed by atoms with Gasteiger partial charge < -0.3 is 10.8 Å². The maximum Gasteiger partial charge on any atom is 0.336 e. The number of carboxylic acids is 1. The van der Waals surface area contributed by atoms with Crippen molar-refractivity contribution in [1.82, 2.24) is 0 Å². The molecule has 0 aromatic heterocycles. The van der Waals surface area contributed by atoms with E-state index < -0.39 is 11.8 Å². The number of aryl methyl sites for hydroxylation is 1. The number of hydrogen-bond donors (Lipinski definition) is 2. The van der Waals surface area contributed by atoms with E-state index in [4.69, 9.17) is 10.8 Å². The third-order valence-electron chi connectivity index (χ3n) is 2.20. The lowest BCUT2D eigenvalue weighted by molar-refractivity contribution is 0.0695. The number of nitrogens with two attached hydrogens (primary N) is 1. The Labute approximate surface area is 87.7 Å². The molecule has 1 aromatic carbocycles. The van der Waals surface area contributed by atoms with Crippen molar-refractivity contribution in [2.24, 2.45) is 5.73 Å². The standard InChI is InChI=1S/C11H14FNO2/c12-9-5-4-8(3-1-2-6-13)10(7-9)11(14)15/h4-5,7H,1-3,6,13H2,(H,14,15). The lowest BCUT2D eigenvalue weighted by atomic mass is 10.0. The van der Waals surface area contributed by atoms with Crippen molar-refractivity contribution in [2.75, 3.05) is 6.54 Å². The highest BCUT2D eigenvalue weighted by atomic mass is 19.1. The lowest BCUT2D eigenvalue weighted by Gasteiger charge is -2.05. The van der Waals surface area contributed by atoms with Crippen LogP contribution in [0.25, 0.3) is 0 Å². The van der Waals surface area contributed by atoms with Crippen molar-refractivity contribution >= 4 is 5.97 Å². The Morgan fingerprint density at radius 3 is 2.73 bits per heavy atom. The van der Waals surface area contributed by atoms with Gasteiger partial charge in [0.15, 0.2) is 0 Å². The normalized spacial score (nSPS) is 10.3. The molecule has 0 saturated carbocycles. The van der Waals surface area contributed by atoms with Gasteiger partial charge >= 0.3 is 5.97 Å². The van der Waals surface area contributed by atoms with Crippen LogP contribution in [0.5, 0.6) is 0 Å². The average molecular weight is 211 g/mol. The molecule has 0 bridgehead atoms. The highest BCUT2D eigenvalue weighted by Gasteiger charge is 2.10. The predicted octanol–water partition coefficient (Wildman–Crippen LogP) is 1.81. The highest BCUT2D eigenvalue weighted by molar-refractivity contribution is 5.89. The van der Waals surface area contributed by atoms with Crippen LogP contribution >= 0.6 is 0 Å². The van der Waals surface area contributed by atoms with E-state index in [2.05, 4.69) is 0 Å². The number of halogens is 1. The van der Waals surface area contributed by atoms with E-state index in [0.29, 0.717) is 18.5 Å². The Hall–Kier alpha value is -1.42. The van der Waals surface area contributed by atoms with Crippen molar-refractivity contribution in [3.8, 4) is 0 Å². The molecule has 0 fully saturated rings. The Morgan fingerprint density at radius 2 is 2.13 bits per heavy atom. The van der Waals surface area contributed by atoms with Gasteiger partial charge in [0.05, 0.1) is 5.56 Å². The summed E-state index contributed by atoms with van der Waals surface area (Å²) in [5.74, 6) is -1.60. The summed E-state index contributed by atoms with van der Waals surface area (Å²) in [7, 11) is 0. The van der Waals surface area contributed by atoms with Crippen molar-refractivity contribution < 1.29 is 14.3 Å². The first kappa shape index (κ1) is 11.7. The largest absolute Gasteiger partial charge is 0.478 e. The molecule has 3 nitrogen and oxygen atoms in total. The van der Waals surface area contributed by atoms with Gasteiger partial charge in [-0.15, -0.1) is 0 Å². The minimum Gasteiger partial charge on any atom is -0.478 e. The molecule has 0 heterocycles. The molecule has 15 heavy (non-hydrogen) atoms. The third kappa shape index (κ3) is 3.32. The minimum atomic E-state index is -1.09. The van der Waals surface area contributed by atoms with Gasteiger partial charge in [-0.3, -0.25) is 0 Å². The highest BCUT2D eigenvalue weighted by Crippen LogP contribution is 2.14. The quantitative estimate of drug-likeness (QED) is 0.730. The summed E-state index contributed by atoms with van der Waals surface area (Å²) in [6, 6.07) is 3.86. The van der Waals surface area contributed by atoms with Gasteiger partial charge in [0, 0.05) is 0 Å². The van der Waals surface area contributed by atoms with Crippen molar-refractivity contribution in [3.63, 3.8) is 0 Å². The second-order valence-electron chi connectivity index (χ2n) is 3.35. The van der Waals surface area contributed by atoms with Gasteiger partial charge in [-0.25, -0.2) is 9.18 Å². The van der Waals surface area contributed by atoms with Gasteiger partial charge in [0.1, 0.15) is 5.82 Å². The number of rotatable bonds is 5. The zero-order valence-corrected chi connectivity index (χ0v) is 8.37. The van der Waals surface area contributed by atoms with E-state index >= 15 is 0 Å².